The fraction of sp³-hybridized carbons (Fsp3) is 0.366. The molecule has 0 fully saturated rings. The molecule has 0 spiro atoms. The van der Waals surface area contributed by atoms with Crippen molar-refractivity contribution in [2.24, 2.45) is 0 Å². The van der Waals surface area contributed by atoms with Gasteiger partial charge in [0.15, 0.2) is 0 Å². The lowest BCUT2D eigenvalue weighted by Gasteiger charge is -2.20. The molecule has 0 aliphatic carbocycles. The molecule has 4 N–H and O–H groups in total. The van der Waals surface area contributed by atoms with E-state index in [1.165, 1.54) is 41.5 Å². The largest absolute Gasteiger partial charge is 0.477 e. The van der Waals surface area contributed by atoms with Gasteiger partial charge in [-0.3, -0.25) is 29.0 Å². The lowest BCUT2D eigenvalue weighted by molar-refractivity contribution is 0.0684. The second-order valence-electron chi connectivity index (χ2n) is 32.6. The highest BCUT2D eigenvalue weighted by molar-refractivity contribution is 6.19. The maximum absolute atomic E-state index is 12.9. The summed E-state index contributed by atoms with van der Waals surface area (Å²) in [4.78, 5) is 107. The van der Waals surface area contributed by atoms with E-state index in [-0.39, 0.29) is 46.4 Å². The van der Waals surface area contributed by atoms with Gasteiger partial charge in [-0.05, 0) is 228 Å². The Kier molecular flexibility index (Phi) is 38.0. The summed E-state index contributed by atoms with van der Waals surface area (Å²) in [6, 6.07) is 55.9. The van der Waals surface area contributed by atoms with Crippen molar-refractivity contribution in [3.63, 3.8) is 0 Å². The first-order valence-electron chi connectivity index (χ1n) is 43.2. The number of nitrogens with zero attached hydrogens (tertiary/aromatic N) is 8. The van der Waals surface area contributed by atoms with Crippen molar-refractivity contribution in [1.82, 2.24) is 37.9 Å². The molecule has 0 amide bonds. The van der Waals surface area contributed by atoms with Crippen LogP contribution in [0.5, 0.6) is 0 Å². The van der Waals surface area contributed by atoms with E-state index in [1.807, 2.05) is 171 Å². The Hall–Kier alpha value is -10.2. The highest BCUT2D eigenvalue weighted by Gasteiger charge is 2.23. The number of carboxylic acids is 4. The van der Waals surface area contributed by atoms with Crippen LogP contribution in [-0.4, -0.2) is 177 Å². The summed E-state index contributed by atoms with van der Waals surface area (Å²) in [5, 5.41) is 39.6. The second kappa shape index (κ2) is 48.1. The molecule has 0 saturated carbocycles. The first kappa shape index (κ1) is 99.5. The lowest BCUT2D eigenvalue weighted by atomic mass is 9.99. The van der Waals surface area contributed by atoms with Crippen LogP contribution in [0, 0.1) is 0 Å². The molecule has 0 saturated heterocycles. The highest BCUT2D eigenvalue weighted by atomic mass is 35.5. The van der Waals surface area contributed by atoms with E-state index in [0.717, 1.165) is 183 Å². The predicted molar refractivity (Wildman–Crippen MR) is 519 cm³/mol. The van der Waals surface area contributed by atoms with Crippen LogP contribution in [-0.2, 0) is 25.9 Å². The molecular weight excluding hydrogens is 1690 g/mol. The molecule has 0 unspecified atom stereocenters. The first-order valence-corrected chi connectivity index (χ1v) is 45.8. The first-order chi connectivity index (χ1) is 60.4. The van der Waals surface area contributed by atoms with E-state index in [0.29, 0.717) is 50.9 Å². The van der Waals surface area contributed by atoms with E-state index >= 15 is 0 Å². The summed E-state index contributed by atoms with van der Waals surface area (Å²) in [7, 11) is 0. The SMILES string of the molecule is CC(C)n1cc(C(=O)O)c(=O)c2cc(-c3cccc(CN(CCCl)CCCl)c3)ccc21.CCCN(CCCl)CCc1cccc(-c2ccc3c(=O)c(C(=O)O)cn(C(C)C)c3c2)c1.CCCN(CCCl)CCc1cccc(-c2ccc3c(c2)c(=O)c(C(=O)O)cn3C(C)C)c1.CCCN(CCCl)Cc1ccc(-c2ccc3c(c2)c(=O)c(C(=O)O)cn3C(C)C)cc1. The number of hydrogen-bond donors (Lipinski definition) is 4. The number of fused-ring (bicyclic) bond motifs is 4. The average molecular weight is 1810 g/mol. The van der Waals surface area contributed by atoms with Crippen molar-refractivity contribution in [3.05, 3.63) is 280 Å². The molecule has 668 valence electrons. The summed E-state index contributed by atoms with van der Waals surface area (Å²) in [5.41, 5.74) is 12.8. The van der Waals surface area contributed by atoms with Crippen LogP contribution in [0.2, 0.25) is 0 Å². The quantitative estimate of drug-likeness (QED) is 0.0263. The fourth-order valence-corrected chi connectivity index (χ4v) is 17.0. The van der Waals surface area contributed by atoms with Gasteiger partial charge in [0.25, 0.3) is 0 Å². The van der Waals surface area contributed by atoms with Crippen LogP contribution in [0.15, 0.2) is 214 Å². The molecule has 8 aromatic carbocycles. The van der Waals surface area contributed by atoms with Crippen molar-refractivity contribution in [2.75, 3.05) is 94.8 Å². The Morgan fingerprint density at radius 3 is 0.897 bits per heavy atom. The van der Waals surface area contributed by atoms with Crippen LogP contribution >= 0.6 is 58.0 Å². The average Bonchev–Trinajstić information content (AvgIpc) is 0.782. The van der Waals surface area contributed by atoms with Crippen molar-refractivity contribution in [2.45, 2.75) is 146 Å². The third kappa shape index (κ3) is 26.0. The Morgan fingerprint density at radius 2 is 0.556 bits per heavy atom. The van der Waals surface area contributed by atoms with Gasteiger partial charge in [-0.2, -0.15) is 0 Å². The normalized spacial score (nSPS) is 11.6. The van der Waals surface area contributed by atoms with Gasteiger partial charge in [-0.25, -0.2) is 19.2 Å². The van der Waals surface area contributed by atoms with Crippen molar-refractivity contribution in [1.29, 1.82) is 0 Å². The minimum atomic E-state index is -1.22. The maximum atomic E-state index is 12.9. The zero-order valence-corrected chi connectivity index (χ0v) is 77.6. The Balaban J connectivity index is 0.000000190. The van der Waals surface area contributed by atoms with E-state index in [4.69, 9.17) is 58.0 Å². The fourth-order valence-electron chi connectivity index (χ4n) is 15.8. The monoisotopic (exact) mass is 1810 g/mol. The Morgan fingerprint density at radius 1 is 0.286 bits per heavy atom. The number of carboxylic acid groups (broad SMARTS) is 4. The zero-order valence-electron chi connectivity index (χ0n) is 73.9. The van der Waals surface area contributed by atoms with Crippen LogP contribution in [0.1, 0.15) is 183 Å². The summed E-state index contributed by atoms with van der Waals surface area (Å²) in [5.74, 6) is -1.87. The van der Waals surface area contributed by atoms with Gasteiger partial charge in [0, 0.05) is 159 Å². The van der Waals surface area contributed by atoms with E-state index in [9.17, 15) is 58.8 Å². The van der Waals surface area contributed by atoms with Crippen LogP contribution < -0.4 is 21.7 Å². The Bertz CT molecular complexity index is 6000. The molecule has 12 rings (SSSR count). The number of benzene rings is 8. The van der Waals surface area contributed by atoms with Gasteiger partial charge in [0.2, 0.25) is 21.7 Å². The number of halogens is 5. The number of aromatic nitrogens is 4. The molecule has 25 heteroatoms. The third-order valence-corrected chi connectivity index (χ3v) is 23.1. The molecule has 0 aliphatic heterocycles. The minimum Gasteiger partial charge on any atom is -0.477 e. The molecule has 20 nitrogen and oxygen atoms in total. The van der Waals surface area contributed by atoms with Gasteiger partial charge in [-0.1, -0.05) is 136 Å². The molecular formula is C101H117Cl5N8O12. The number of pyridine rings is 4. The van der Waals surface area contributed by atoms with Crippen LogP contribution in [0.25, 0.3) is 88.1 Å². The molecule has 12 aromatic rings. The highest BCUT2D eigenvalue weighted by Crippen LogP contribution is 2.32. The summed E-state index contributed by atoms with van der Waals surface area (Å²) in [6.45, 7) is 33.0. The number of rotatable bonds is 38. The number of carbonyl (C=O) groups is 4. The molecule has 126 heavy (non-hydrogen) atoms. The Labute approximate surface area is 762 Å². The van der Waals surface area contributed by atoms with E-state index in [2.05, 4.69) is 95.0 Å². The summed E-state index contributed by atoms with van der Waals surface area (Å²) < 4.78 is 7.38. The molecule has 0 aliphatic rings. The van der Waals surface area contributed by atoms with Gasteiger partial charge in [0.1, 0.15) is 22.3 Å². The van der Waals surface area contributed by atoms with Gasteiger partial charge >= 0.3 is 23.9 Å². The molecule has 0 atom stereocenters. The predicted octanol–water partition coefficient (Wildman–Crippen LogP) is 21.5. The molecule has 0 radical (unpaired) electrons. The maximum Gasteiger partial charge on any atom is 0.341 e. The standard InChI is InChI=1S/2C26H31ClN2O3.C25H29ClN2O3.C24H26Cl2N2O3/c1-4-12-28(14-11-27)13-10-19-6-5-7-20(15-19)21-8-9-24-22(16-21)25(30)23(26(31)32)17-29(24)18(2)3;1-4-12-28(14-11-27)13-10-19-6-5-7-20(15-19)21-8-9-22-24(16-21)29(18(2)3)17-23(25(22)30)26(31)32;1-4-12-27(13-11-26)15-18-5-7-19(8-6-18)20-9-10-23-21(14-20)24(29)22(25(30)31)16-28(23)17(2)3;1-16(2)28-15-21(24(30)31)23(29)20-13-19(6-7-22(20)28)18-5-3-4-17(12-18)14-27(10-8-25)11-9-26/h2*5-9,15-18H,4,10-14H2,1-3H3,(H,31,32);5-10,14,16-17H,4,11-13,15H2,1-3H3,(H,30,31);3-7,12-13,15-16H,8-11,14H2,1-2H3,(H,30,31). The molecule has 0 bridgehead atoms. The van der Waals surface area contributed by atoms with Crippen LogP contribution in [0.4, 0.5) is 0 Å². The van der Waals surface area contributed by atoms with Gasteiger partial charge in [-0.15, -0.1) is 58.0 Å². The second-order valence-corrected chi connectivity index (χ2v) is 34.5. The van der Waals surface area contributed by atoms with Gasteiger partial charge < -0.3 is 48.5 Å². The zero-order chi connectivity index (χ0) is 91.6. The summed E-state index contributed by atoms with van der Waals surface area (Å²) in [6.07, 6.45) is 10.9. The van der Waals surface area contributed by atoms with E-state index < -0.39 is 45.6 Å². The topological polar surface area (TPSA) is 250 Å². The summed E-state index contributed by atoms with van der Waals surface area (Å²) >= 11 is 29.6. The lowest BCUT2D eigenvalue weighted by Crippen LogP contribution is -2.28. The molecule has 4 aromatic heterocycles. The molecule has 4 heterocycles. The number of aromatic carboxylic acids is 4. The van der Waals surface area contributed by atoms with Crippen LogP contribution in [0.3, 0.4) is 0 Å². The van der Waals surface area contributed by atoms with E-state index in [1.54, 1.807) is 18.2 Å². The van der Waals surface area contributed by atoms with Crippen molar-refractivity contribution < 1.29 is 39.6 Å². The van der Waals surface area contributed by atoms with Gasteiger partial charge in [0.05, 0.1) is 22.1 Å². The smallest absolute Gasteiger partial charge is 0.341 e. The number of hydrogen-bond acceptors (Lipinski definition) is 12. The van der Waals surface area contributed by atoms with Crippen molar-refractivity contribution >= 4 is 125 Å². The third-order valence-electron chi connectivity index (χ3n) is 22.2. The number of alkyl halides is 5. The van der Waals surface area contributed by atoms with Crippen molar-refractivity contribution in [3.8, 4) is 44.5 Å². The minimum absolute atomic E-state index is 0.0178.